The third-order valence-corrected chi connectivity index (χ3v) is 5.19. The summed E-state index contributed by atoms with van der Waals surface area (Å²) in [5.74, 6) is 0. The zero-order chi connectivity index (χ0) is 17.7. The van der Waals surface area contributed by atoms with Crippen LogP contribution in [0.15, 0.2) is 11.6 Å². The van der Waals surface area contributed by atoms with Crippen LogP contribution in [0.2, 0.25) is 0 Å². The van der Waals surface area contributed by atoms with Crippen molar-refractivity contribution < 1.29 is 0 Å². The normalized spacial score (nSPS) is 11.0. The Hall–Kier alpha value is -0.260. The van der Waals surface area contributed by atoms with Gasteiger partial charge in [-0.05, 0) is 38.5 Å². The fourth-order valence-corrected chi connectivity index (χ4v) is 3.47. The summed E-state index contributed by atoms with van der Waals surface area (Å²) in [5, 5.41) is 0. The molecule has 0 spiro atoms. The molecule has 0 aromatic carbocycles. The van der Waals surface area contributed by atoms with Gasteiger partial charge in [0.25, 0.3) is 0 Å². The molecule has 0 aromatic rings. The summed E-state index contributed by atoms with van der Waals surface area (Å²) in [7, 11) is 0. The molecule has 0 bridgehead atoms. The summed E-state index contributed by atoms with van der Waals surface area (Å²) in [4.78, 5) is 0. The van der Waals surface area contributed by atoms with Crippen LogP contribution >= 0.6 is 0 Å². The molecule has 0 amide bonds. The fourth-order valence-electron chi connectivity index (χ4n) is 3.47. The molecule has 0 aliphatic rings. The van der Waals surface area contributed by atoms with Crippen LogP contribution in [-0.2, 0) is 0 Å². The highest BCUT2D eigenvalue weighted by Crippen LogP contribution is 2.20. The molecule has 0 atom stereocenters. The van der Waals surface area contributed by atoms with E-state index in [0.717, 1.165) is 0 Å². The third-order valence-electron chi connectivity index (χ3n) is 5.19. The van der Waals surface area contributed by atoms with Gasteiger partial charge in [0.2, 0.25) is 0 Å². The Kier molecular flexibility index (Phi) is 20.6. The monoisotopic (exact) mass is 336 g/mol. The van der Waals surface area contributed by atoms with Gasteiger partial charge in [-0.15, -0.1) is 0 Å². The van der Waals surface area contributed by atoms with Crippen molar-refractivity contribution >= 4 is 0 Å². The average molecular weight is 337 g/mol. The molecular formula is C24H48. The number of allylic oxidation sites excluding steroid dienone is 2. The first kappa shape index (κ1) is 23.7. The van der Waals surface area contributed by atoms with E-state index in [0.29, 0.717) is 0 Å². The Balaban J connectivity index is 3.88. The van der Waals surface area contributed by atoms with Gasteiger partial charge in [-0.1, -0.05) is 116 Å². The van der Waals surface area contributed by atoms with Crippen LogP contribution in [0, 0.1) is 0 Å². The number of rotatable bonds is 19. The van der Waals surface area contributed by atoms with Gasteiger partial charge >= 0.3 is 0 Å². The minimum absolute atomic E-state index is 1.33. The Labute approximate surface area is 154 Å². The van der Waals surface area contributed by atoms with Crippen molar-refractivity contribution in [1.29, 1.82) is 0 Å². The quantitative estimate of drug-likeness (QED) is 0.163. The van der Waals surface area contributed by atoms with Crippen LogP contribution in [0.25, 0.3) is 0 Å². The maximum absolute atomic E-state index is 2.62. The molecule has 0 aromatic heterocycles. The molecule has 0 saturated heterocycles. The summed E-state index contributed by atoms with van der Waals surface area (Å²) >= 11 is 0. The predicted octanol–water partition coefficient (Wildman–Crippen LogP) is 9.38. The zero-order valence-electron chi connectivity index (χ0n) is 17.5. The van der Waals surface area contributed by atoms with Gasteiger partial charge in [-0.25, -0.2) is 0 Å². The van der Waals surface area contributed by atoms with Crippen LogP contribution in [0.3, 0.4) is 0 Å². The smallest absolute Gasteiger partial charge is 0.0320 e. The lowest BCUT2D eigenvalue weighted by Gasteiger charge is -2.09. The molecule has 0 N–H and O–H groups in total. The fraction of sp³-hybridized carbons (Fsp3) is 0.917. The minimum Gasteiger partial charge on any atom is -0.0853 e. The second-order valence-electron chi connectivity index (χ2n) is 7.75. The van der Waals surface area contributed by atoms with Crippen molar-refractivity contribution in [3.05, 3.63) is 11.6 Å². The summed E-state index contributed by atoms with van der Waals surface area (Å²) in [6.07, 6.45) is 29.5. The van der Waals surface area contributed by atoms with Crippen molar-refractivity contribution in [3.8, 4) is 0 Å². The molecule has 0 aliphatic heterocycles. The summed E-state index contributed by atoms with van der Waals surface area (Å²) in [5.41, 5.74) is 1.79. The van der Waals surface area contributed by atoms with E-state index >= 15 is 0 Å². The van der Waals surface area contributed by atoms with Crippen LogP contribution in [0.4, 0.5) is 0 Å². The number of hydrogen-bond donors (Lipinski definition) is 0. The van der Waals surface area contributed by atoms with Gasteiger partial charge in [0.15, 0.2) is 0 Å². The zero-order valence-corrected chi connectivity index (χ0v) is 17.5. The minimum atomic E-state index is 1.33. The molecule has 0 heterocycles. The Morgan fingerprint density at radius 2 is 0.833 bits per heavy atom. The summed E-state index contributed by atoms with van der Waals surface area (Å²) in [6, 6.07) is 0. The highest BCUT2D eigenvalue weighted by atomic mass is 14.1. The van der Waals surface area contributed by atoms with E-state index < -0.39 is 0 Å². The second kappa shape index (κ2) is 20.8. The lowest BCUT2D eigenvalue weighted by molar-refractivity contribution is 0.581. The number of hydrogen-bond acceptors (Lipinski definition) is 0. The van der Waals surface area contributed by atoms with E-state index in [9.17, 15) is 0 Å². The van der Waals surface area contributed by atoms with Gasteiger partial charge in [-0.3, -0.25) is 0 Å². The molecular weight excluding hydrogens is 288 g/mol. The van der Waals surface area contributed by atoms with Crippen LogP contribution in [-0.4, -0.2) is 0 Å². The first-order chi connectivity index (χ1) is 11.8. The Bertz CT molecular complexity index is 233. The first-order valence-corrected chi connectivity index (χ1v) is 11.5. The molecule has 24 heavy (non-hydrogen) atoms. The van der Waals surface area contributed by atoms with E-state index in [1.54, 1.807) is 5.57 Å². The highest BCUT2D eigenvalue weighted by molar-refractivity contribution is 5.01. The lowest BCUT2D eigenvalue weighted by atomic mass is 9.98. The maximum atomic E-state index is 2.62. The molecule has 144 valence electrons. The largest absolute Gasteiger partial charge is 0.0853 e. The van der Waals surface area contributed by atoms with Crippen molar-refractivity contribution in [2.75, 3.05) is 0 Å². The van der Waals surface area contributed by atoms with Crippen LogP contribution in [0.1, 0.15) is 143 Å². The van der Waals surface area contributed by atoms with Gasteiger partial charge in [0.1, 0.15) is 0 Å². The van der Waals surface area contributed by atoms with Crippen molar-refractivity contribution in [2.45, 2.75) is 143 Å². The van der Waals surface area contributed by atoms with Crippen LogP contribution < -0.4 is 0 Å². The molecule has 0 aliphatic carbocycles. The SMILES string of the molecule is CCCCCCC=C(CCCCCCCC)CCCCCCCC. The Morgan fingerprint density at radius 3 is 1.29 bits per heavy atom. The molecule has 0 nitrogen and oxygen atoms in total. The van der Waals surface area contributed by atoms with E-state index in [-0.39, 0.29) is 0 Å². The molecule has 0 unspecified atom stereocenters. The van der Waals surface area contributed by atoms with E-state index in [2.05, 4.69) is 26.8 Å². The maximum Gasteiger partial charge on any atom is -0.0320 e. The molecule has 0 fully saturated rings. The lowest BCUT2D eigenvalue weighted by Crippen LogP contribution is -1.89. The standard InChI is InChI=1S/C24H48/c1-4-7-10-13-16-19-22-24(21-18-15-12-9-6-3)23-20-17-14-11-8-5-2/h21H,4-20,22-23H2,1-3H3. The average Bonchev–Trinajstić information content (AvgIpc) is 2.60. The predicted molar refractivity (Wildman–Crippen MR) is 113 cm³/mol. The molecule has 0 radical (unpaired) electrons. The van der Waals surface area contributed by atoms with Gasteiger partial charge in [0, 0.05) is 0 Å². The van der Waals surface area contributed by atoms with Gasteiger partial charge in [0.05, 0.1) is 0 Å². The summed E-state index contributed by atoms with van der Waals surface area (Å²) < 4.78 is 0. The molecule has 0 heteroatoms. The molecule has 0 rings (SSSR count). The number of unbranched alkanes of at least 4 members (excludes halogenated alkanes) is 14. The molecule has 0 saturated carbocycles. The van der Waals surface area contributed by atoms with Gasteiger partial charge in [-0.2, -0.15) is 0 Å². The van der Waals surface area contributed by atoms with Crippen molar-refractivity contribution in [1.82, 2.24) is 0 Å². The first-order valence-electron chi connectivity index (χ1n) is 11.5. The van der Waals surface area contributed by atoms with E-state index in [1.165, 1.54) is 122 Å². The summed E-state index contributed by atoms with van der Waals surface area (Å²) in [6.45, 7) is 6.91. The second-order valence-corrected chi connectivity index (χ2v) is 7.75. The third kappa shape index (κ3) is 18.1. The van der Waals surface area contributed by atoms with Gasteiger partial charge < -0.3 is 0 Å². The van der Waals surface area contributed by atoms with E-state index in [4.69, 9.17) is 0 Å². The van der Waals surface area contributed by atoms with Crippen molar-refractivity contribution in [2.24, 2.45) is 0 Å². The van der Waals surface area contributed by atoms with E-state index in [1.807, 2.05) is 0 Å². The Morgan fingerprint density at radius 1 is 0.458 bits per heavy atom. The van der Waals surface area contributed by atoms with Crippen LogP contribution in [0.5, 0.6) is 0 Å². The highest BCUT2D eigenvalue weighted by Gasteiger charge is 2.00. The topological polar surface area (TPSA) is 0 Å². The van der Waals surface area contributed by atoms with Crippen molar-refractivity contribution in [3.63, 3.8) is 0 Å².